The lowest BCUT2D eigenvalue weighted by Gasteiger charge is -2.21. The summed E-state index contributed by atoms with van der Waals surface area (Å²) in [6.45, 7) is -0.604. The number of halogens is 3. The van der Waals surface area contributed by atoms with Gasteiger partial charge >= 0.3 is 6.18 Å². The molecule has 0 aromatic carbocycles. The molecule has 2 aliphatic carbocycles. The first-order valence-corrected chi connectivity index (χ1v) is 8.34. The van der Waals surface area contributed by atoms with Gasteiger partial charge in [0, 0.05) is 17.4 Å². The molecule has 2 bridgehead atoms. The Morgan fingerprint density at radius 2 is 2.04 bits per heavy atom. The molecule has 5 nitrogen and oxygen atoms in total. The quantitative estimate of drug-likeness (QED) is 0.368. The minimum absolute atomic E-state index is 0.178. The van der Waals surface area contributed by atoms with Gasteiger partial charge in [-0.2, -0.15) is 13.2 Å². The number of Topliss-reactive ketones (excluding diaryl/α,β-unsaturated/α-hetero) is 2. The lowest BCUT2D eigenvalue weighted by atomic mass is 9.83. The summed E-state index contributed by atoms with van der Waals surface area (Å²) in [4.78, 5) is 28.9. The van der Waals surface area contributed by atoms with Crippen molar-refractivity contribution in [1.82, 2.24) is 4.98 Å². The summed E-state index contributed by atoms with van der Waals surface area (Å²) in [5, 5.41) is 10.3. The van der Waals surface area contributed by atoms with Crippen LogP contribution >= 0.6 is 0 Å². The molecule has 8 heteroatoms. The molecule has 2 unspecified atom stereocenters. The Balaban J connectivity index is 2.02. The van der Waals surface area contributed by atoms with E-state index in [1.807, 2.05) is 0 Å². The number of aromatic nitrogens is 1. The summed E-state index contributed by atoms with van der Waals surface area (Å²) < 4.78 is 43.9. The van der Waals surface area contributed by atoms with Crippen LogP contribution in [0.15, 0.2) is 23.5 Å². The lowest BCUT2D eigenvalue weighted by Crippen LogP contribution is -2.28. The molecule has 3 rings (SSSR count). The molecule has 2 atom stereocenters. The Morgan fingerprint density at radius 1 is 1.33 bits per heavy atom. The normalized spacial score (nSPS) is 22.1. The van der Waals surface area contributed by atoms with Crippen LogP contribution in [0.4, 0.5) is 13.2 Å². The summed E-state index contributed by atoms with van der Waals surface area (Å²) in [7, 11) is 0. The second kappa shape index (κ2) is 7.16. The Kier molecular flexibility index (Phi) is 5.07. The molecule has 0 amide bonds. The van der Waals surface area contributed by atoms with E-state index >= 15 is 0 Å². The minimum atomic E-state index is -4.70. The molecule has 1 fully saturated rings. The summed E-state index contributed by atoms with van der Waals surface area (Å²) in [6, 6.07) is 1.62. The van der Waals surface area contributed by atoms with Crippen LogP contribution in [0.2, 0.25) is 0 Å². The van der Waals surface area contributed by atoms with E-state index in [2.05, 4.69) is 10.9 Å². The molecule has 1 N–H and O–H groups in total. The maximum atomic E-state index is 13.0. The summed E-state index contributed by atoms with van der Waals surface area (Å²) in [5.41, 5.74) is -2.03. The lowest BCUT2D eigenvalue weighted by molar-refractivity contribution is -0.141. The number of hydrogen-bond acceptors (Lipinski definition) is 5. The van der Waals surface area contributed by atoms with Gasteiger partial charge in [-0.1, -0.05) is 5.92 Å². The first kappa shape index (κ1) is 19.1. The SMILES string of the molecule is C#CCOCc1nc(C(F)(F)F)ccc1C(=O)C1=C(O)C2CCC(C2)C1=O. The highest BCUT2D eigenvalue weighted by molar-refractivity contribution is 6.28. The van der Waals surface area contributed by atoms with Gasteiger partial charge in [-0.15, -0.1) is 6.42 Å². The Morgan fingerprint density at radius 3 is 2.70 bits per heavy atom. The molecule has 142 valence electrons. The summed E-state index contributed by atoms with van der Waals surface area (Å²) >= 11 is 0. The van der Waals surface area contributed by atoms with Crippen molar-refractivity contribution in [1.29, 1.82) is 0 Å². The fourth-order valence-electron chi connectivity index (χ4n) is 3.55. The van der Waals surface area contributed by atoms with Crippen LogP contribution in [-0.4, -0.2) is 28.3 Å². The predicted octanol–water partition coefficient (Wildman–Crippen LogP) is 3.24. The number of carbonyl (C=O) groups is 2. The van der Waals surface area contributed by atoms with Crippen molar-refractivity contribution >= 4 is 11.6 Å². The average Bonchev–Trinajstić information content (AvgIpc) is 3.07. The third-order valence-electron chi connectivity index (χ3n) is 4.85. The Bertz CT molecular complexity index is 867. The van der Waals surface area contributed by atoms with Gasteiger partial charge in [-0.3, -0.25) is 9.59 Å². The number of pyridine rings is 1. The largest absolute Gasteiger partial charge is 0.511 e. The number of alkyl halides is 3. The second-order valence-electron chi connectivity index (χ2n) is 6.55. The van der Waals surface area contributed by atoms with Crippen molar-refractivity contribution in [2.45, 2.75) is 32.0 Å². The predicted molar refractivity (Wildman–Crippen MR) is 87.6 cm³/mol. The average molecular weight is 379 g/mol. The Labute approximate surface area is 153 Å². The number of aliphatic hydroxyl groups is 1. The number of rotatable bonds is 5. The van der Waals surface area contributed by atoms with Gasteiger partial charge in [-0.25, -0.2) is 4.98 Å². The number of fused-ring (bicyclic) bond motifs is 2. The molecular formula is C19H16F3NO4. The topological polar surface area (TPSA) is 76.5 Å². The molecule has 1 saturated carbocycles. The van der Waals surface area contributed by atoms with Crippen molar-refractivity contribution in [3.8, 4) is 12.3 Å². The van der Waals surface area contributed by atoms with Gasteiger partial charge in [0.05, 0.1) is 12.3 Å². The van der Waals surface area contributed by atoms with Gasteiger partial charge in [-0.05, 0) is 31.4 Å². The smallest absolute Gasteiger partial charge is 0.433 e. The van der Waals surface area contributed by atoms with E-state index in [9.17, 15) is 27.9 Å². The molecule has 27 heavy (non-hydrogen) atoms. The number of hydrogen-bond donors (Lipinski definition) is 1. The van der Waals surface area contributed by atoms with Crippen LogP contribution in [0.25, 0.3) is 0 Å². The molecule has 0 radical (unpaired) electrons. The summed E-state index contributed by atoms with van der Waals surface area (Å²) in [5.74, 6) is -0.0317. The van der Waals surface area contributed by atoms with E-state index < -0.39 is 30.0 Å². The van der Waals surface area contributed by atoms with Gasteiger partial charge in [0.1, 0.15) is 23.6 Å². The van der Waals surface area contributed by atoms with Crippen LogP contribution in [0.5, 0.6) is 0 Å². The van der Waals surface area contributed by atoms with Crippen molar-refractivity contribution in [2.75, 3.05) is 6.61 Å². The number of nitrogens with zero attached hydrogens (tertiary/aromatic N) is 1. The highest BCUT2D eigenvalue weighted by atomic mass is 19.4. The molecular weight excluding hydrogens is 363 g/mol. The molecule has 0 saturated heterocycles. The van der Waals surface area contributed by atoms with Crippen LogP contribution in [0.3, 0.4) is 0 Å². The van der Waals surface area contributed by atoms with E-state index in [1.165, 1.54) is 0 Å². The molecule has 0 aliphatic heterocycles. The second-order valence-corrected chi connectivity index (χ2v) is 6.55. The van der Waals surface area contributed by atoms with Crippen LogP contribution < -0.4 is 0 Å². The zero-order valence-corrected chi connectivity index (χ0v) is 14.2. The van der Waals surface area contributed by atoms with Crippen molar-refractivity contribution in [3.05, 3.63) is 40.4 Å². The third-order valence-corrected chi connectivity index (χ3v) is 4.85. The molecule has 2 aliphatic rings. The molecule has 1 heterocycles. The summed E-state index contributed by atoms with van der Waals surface area (Å²) in [6.07, 6.45) is 2.02. The Hall–Kier alpha value is -2.66. The van der Waals surface area contributed by atoms with E-state index in [0.717, 1.165) is 6.07 Å². The number of ether oxygens (including phenoxy) is 1. The van der Waals surface area contributed by atoms with Crippen LogP contribution in [0.1, 0.15) is 41.0 Å². The number of aliphatic hydroxyl groups excluding tert-OH is 1. The van der Waals surface area contributed by atoms with Crippen molar-refractivity contribution in [3.63, 3.8) is 0 Å². The maximum absolute atomic E-state index is 13.0. The van der Waals surface area contributed by atoms with E-state index in [0.29, 0.717) is 25.3 Å². The van der Waals surface area contributed by atoms with Gasteiger partial charge in [0.15, 0.2) is 5.78 Å². The zero-order chi connectivity index (χ0) is 19.8. The van der Waals surface area contributed by atoms with Gasteiger partial charge < -0.3 is 9.84 Å². The number of terminal acetylenes is 1. The monoisotopic (exact) mass is 379 g/mol. The van der Waals surface area contributed by atoms with E-state index in [1.54, 1.807) is 0 Å². The molecule has 0 spiro atoms. The highest BCUT2D eigenvalue weighted by Crippen LogP contribution is 2.43. The number of carbonyl (C=O) groups excluding carboxylic acids is 2. The fourth-order valence-corrected chi connectivity index (χ4v) is 3.55. The van der Waals surface area contributed by atoms with Crippen LogP contribution in [-0.2, 0) is 22.3 Å². The number of ketones is 2. The van der Waals surface area contributed by atoms with Gasteiger partial charge in [0.2, 0.25) is 5.78 Å². The van der Waals surface area contributed by atoms with Gasteiger partial charge in [0.25, 0.3) is 0 Å². The van der Waals surface area contributed by atoms with E-state index in [4.69, 9.17) is 11.2 Å². The highest BCUT2D eigenvalue weighted by Gasteiger charge is 2.44. The maximum Gasteiger partial charge on any atom is 0.433 e. The van der Waals surface area contributed by atoms with Crippen LogP contribution in [0, 0.1) is 24.2 Å². The minimum Gasteiger partial charge on any atom is -0.511 e. The fraction of sp³-hybridized carbons (Fsp3) is 0.421. The molecule has 1 aromatic rings. The van der Waals surface area contributed by atoms with E-state index in [-0.39, 0.29) is 41.0 Å². The third kappa shape index (κ3) is 3.60. The van der Waals surface area contributed by atoms with Crippen molar-refractivity contribution in [2.24, 2.45) is 11.8 Å². The molecule has 1 aromatic heterocycles. The zero-order valence-electron chi connectivity index (χ0n) is 14.2. The first-order valence-electron chi connectivity index (χ1n) is 8.34. The van der Waals surface area contributed by atoms with Crippen molar-refractivity contribution < 1.29 is 32.6 Å². The standard InChI is InChI=1S/C19H16F3NO4/c1-2-7-27-9-13-12(5-6-14(23-13)19(20,21)22)18(26)15-16(24)10-3-4-11(8-10)17(15)25/h1,5-6,10-11,24H,3-4,7-9H2. The number of allylic oxidation sites excluding steroid dienone is 2. The first-order chi connectivity index (χ1) is 12.7.